The third kappa shape index (κ3) is 3.09. The van der Waals surface area contributed by atoms with E-state index in [9.17, 15) is 0 Å². The average Bonchev–Trinajstić information content (AvgIpc) is 2.40. The van der Waals surface area contributed by atoms with Gasteiger partial charge in [-0.2, -0.15) is 0 Å². The van der Waals surface area contributed by atoms with Gasteiger partial charge in [-0.3, -0.25) is 0 Å². The number of anilines is 2. The molecule has 0 fully saturated rings. The summed E-state index contributed by atoms with van der Waals surface area (Å²) in [6, 6.07) is 14.5. The Balaban J connectivity index is 2.39. The van der Waals surface area contributed by atoms with Crippen LogP contribution in [0.1, 0.15) is 18.1 Å². The summed E-state index contributed by atoms with van der Waals surface area (Å²) in [6.07, 6.45) is 0. The van der Waals surface area contributed by atoms with Crippen molar-refractivity contribution in [3.8, 4) is 0 Å². The summed E-state index contributed by atoms with van der Waals surface area (Å²) in [5.74, 6) is 0. The van der Waals surface area contributed by atoms with Crippen LogP contribution in [0.25, 0.3) is 0 Å². The Morgan fingerprint density at radius 2 is 1.84 bits per heavy atom. The van der Waals surface area contributed by atoms with Crippen molar-refractivity contribution >= 4 is 23.0 Å². The van der Waals surface area contributed by atoms with Crippen LogP contribution in [-0.4, -0.2) is 6.54 Å². The van der Waals surface area contributed by atoms with Gasteiger partial charge < -0.3 is 10.6 Å². The number of benzene rings is 2. The Morgan fingerprint density at radius 1 is 1.11 bits per heavy atom. The van der Waals surface area contributed by atoms with E-state index >= 15 is 0 Å². The summed E-state index contributed by atoms with van der Waals surface area (Å²) in [4.78, 5) is 2.24. The van der Waals surface area contributed by atoms with Gasteiger partial charge in [-0.1, -0.05) is 29.8 Å². The fraction of sp³-hybridized carbons (Fsp3) is 0.250. The first-order valence-corrected chi connectivity index (χ1v) is 6.86. The molecule has 2 aromatic carbocycles. The zero-order chi connectivity index (χ0) is 13.8. The van der Waals surface area contributed by atoms with Gasteiger partial charge in [0.25, 0.3) is 0 Å². The molecule has 0 radical (unpaired) electrons. The minimum Gasteiger partial charge on any atom is -0.342 e. The summed E-state index contributed by atoms with van der Waals surface area (Å²) in [7, 11) is 0. The fourth-order valence-corrected chi connectivity index (χ4v) is 2.43. The number of nitrogens with two attached hydrogens (primary N) is 1. The van der Waals surface area contributed by atoms with Crippen LogP contribution >= 0.6 is 11.6 Å². The topological polar surface area (TPSA) is 29.3 Å². The number of nitrogens with zero attached hydrogens (tertiary/aromatic N) is 1. The van der Waals surface area contributed by atoms with Crippen molar-refractivity contribution in [2.24, 2.45) is 5.73 Å². The second-order valence-electron chi connectivity index (χ2n) is 4.56. The zero-order valence-electron chi connectivity index (χ0n) is 11.4. The maximum atomic E-state index is 6.24. The number of halogens is 1. The Labute approximate surface area is 119 Å². The zero-order valence-corrected chi connectivity index (χ0v) is 12.1. The highest BCUT2D eigenvalue weighted by atomic mass is 35.5. The first-order chi connectivity index (χ1) is 9.15. The molecule has 2 N–H and O–H groups in total. The van der Waals surface area contributed by atoms with Crippen LogP contribution < -0.4 is 10.6 Å². The van der Waals surface area contributed by atoms with E-state index in [1.54, 1.807) is 0 Å². The number of hydrogen-bond donors (Lipinski definition) is 1. The summed E-state index contributed by atoms with van der Waals surface area (Å²) in [6.45, 7) is 5.59. The largest absolute Gasteiger partial charge is 0.342 e. The minimum absolute atomic E-state index is 0.468. The van der Waals surface area contributed by atoms with Gasteiger partial charge in [-0.25, -0.2) is 0 Å². The molecule has 0 saturated carbocycles. The van der Waals surface area contributed by atoms with E-state index in [0.29, 0.717) is 6.54 Å². The Bertz CT molecular complexity index is 566. The number of rotatable bonds is 4. The lowest BCUT2D eigenvalue weighted by atomic mass is 10.1. The van der Waals surface area contributed by atoms with Crippen LogP contribution in [0.15, 0.2) is 42.5 Å². The molecule has 0 heterocycles. The lowest BCUT2D eigenvalue weighted by Crippen LogP contribution is -2.16. The van der Waals surface area contributed by atoms with Gasteiger partial charge in [0.1, 0.15) is 0 Å². The second kappa shape index (κ2) is 6.09. The van der Waals surface area contributed by atoms with Crippen molar-refractivity contribution in [2.45, 2.75) is 20.4 Å². The third-order valence-corrected chi connectivity index (χ3v) is 3.55. The maximum Gasteiger partial charge on any atom is 0.0471 e. The van der Waals surface area contributed by atoms with Crippen molar-refractivity contribution < 1.29 is 0 Å². The molecule has 0 aliphatic heterocycles. The summed E-state index contributed by atoms with van der Waals surface area (Å²) < 4.78 is 0. The van der Waals surface area contributed by atoms with Crippen LogP contribution in [0.5, 0.6) is 0 Å². The van der Waals surface area contributed by atoms with E-state index in [2.05, 4.69) is 49.1 Å². The normalized spacial score (nSPS) is 10.5. The Kier molecular flexibility index (Phi) is 4.46. The highest BCUT2D eigenvalue weighted by Crippen LogP contribution is 2.29. The molecule has 3 heteroatoms. The quantitative estimate of drug-likeness (QED) is 0.902. The molecule has 0 aliphatic rings. The number of hydrogen-bond acceptors (Lipinski definition) is 2. The lowest BCUT2D eigenvalue weighted by molar-refractivity contribution is 1.01. The second-order valence-corrected chi connectivity index (χ2v) is 4.97. The maximum absolute atomic E-state index is 6.24. The van der Waals surface area contributed by atoms with Crippen LogP contribution in [0.3, 0.4) is 0 Å². The molecule has 0 bridgehead atoms. The van der Waals surface area contributed by atoms with Gasteiger partial charge in [-0.05, 0) is 49.2 Å². The molecule has 0 amide bonds. The molecule has 2 nitrogen and oxygen atoms in total. The molecule has 0 aliphatic carbocycles. The Morgan fingerprint density at radius 3 is 2.42 bits per heavy atom. The summed E-state index contributed by atoms with van der Waals surface area (Å²) in [5.41, 5.74) is 10.1. The van der Waals surface area contributed by atoms with E-state index in [1.165, 1.54) is 11.3 Å². The molecule has 19 heavy (non-hydrogen) atoms. The van der Waals surface area contributed by atoms with Gasteiger partial charge in [0.2, 0.25) is 0 Å². The highest BCUT2D eigenvalue weighted by Gasteiger charge is 2.09. The predicted octanol–water partition coefficient (Wildman–Crippen LogP) is 4.27. The van der Waals surface area contributed by atoms with E-state index in [4.69, 9.17) is 17.3 Å². The van der Waals surface area contributed by atoms with Gasteiger partial charge in [-0.15, -0.1) is 0 Å². The summed E-state index contributed by atoms with van der Waals surface area (Å²) >= 11 is 6.24. The van der Waals surface area contributed by atoms with Gasteiger partial charge >= 0.3 is 0 Å². The van der Waals surface area contributed by atoms with Gasteiger partial charge in [0.05, 0.1) is 0 Å². The van der Waals surface area contributed by atoms with Crippen molar-refractivity contribution in [1.29, 1.82) is 0 Å². The van der Waals surface area contributed by atoms with E-state index < -0.39 is 0 Å². The van der Waals surface area contributed by atoms with Gasteiger partial charge in [0, 0.05) is 29.5 Å². The van der Waals surface area contributed by atoms with Crippen molar-refractivity contribution in [1.82, 2.24) is 0 Å². The minimum atomic E-state index is 0.468. The molecular formula is C16H19ClN2. The highest BCUT2D eigenvalue weighted by molar-refractivity contribution is 6.31. The molecule has 0 aromatic heterocycles. The van der Waals surface area contributed by atoms with Gasteiger partial charge in [0.15, 0.2) is 0 Å². The van der Waals surface area contributed by atoms with Crippen molar-refractivity contribution in [2.75, 3.05) is 11.4 Å². The fourth-order valence-electron chi connectivity index (χ4n) is 2.18. The predicted molar refractivity (Wildman–Crippen MR) is 83.2 cm³/mol. The molecule has 2 aromatic rings. The number of aryl methyl sites for hydroxylation is 1. The van der Waals surface area contributed by atoms with Crippen LogP contribution in [-0.2, 0) is 6.54 Å². The standard InChI is InChI=1S/C16H19ClN2/c1-3-19(14-6-4-5-12(2)9-14)15-8-7-13(11-18)16(17)10-15/h4-10H,3,11,18H2,1-2H3. The SMILES string of the molecule is CCN(c1cccc(C)c1)c1ccc(CN)c(Cl)c1. The van der Waals surface area contributed by atoms with E-state index in [-0.39, 0.29) is 0 Å². The first-order valence-electron chi connectivity index (χ1n) is 6.48. The third-order valence-electron chi connectivity index (χ3n) is 3.20. The monoisotopic (exact) mass is 274 g/mol. The molecule has 0 spiro atoms. The van der Waals surface area contributed by atoms with Crippen molar-refractivity contribution in [3.05, 3.63) is 58.6 Å². The summed E-state index contributed by atoms with van der Waals surface area (Å²) in [5, 5.41) is 0.728. The first kappa shape index (κ1) is 13.9. The van der Waals surface area contributed by atoms with Crippen LogP contribution in [0.4, 0.5) is 11.4 Å². The molecule has 2 rings (SSSR count). The smallest absolute Gasteiger partial charge is 0.0471 e. The molecule has 0 saturated heterocycles. The Hall–Kier alpha value is -1.51. The molecular weight excluding hydrogens is 256 g/mol. The average molecular weight is 275 g/mol. The van der Waals surface area contributed by atoms with Crippen LogP contribution in [0, 0.1) is 6.92 Å². The lowest BCUT2D eigenvalue weighted by Gasteiger charge is -2.24. The van der Waals surface area contributed by atoms with E-state index in [0.717, 1.165) is 22.8 Å². The van der Waals surface area contributed by atoms with Crippen LogP contribution in [0.2, 0.25) is 5.02 Å². The molecule has 0 unspecified atom stereocenters. The van der Waals surface area contributed by atoms with E-state index in [1.807, 2.05) is 12.1 Å². The molecule has 0 atom stereocenters. The van der Waals surface area contributed by atoms with Crippen molar-refractivity contribution in [3.63, 3.8) is 0 Å². The molecule has 100 valence electrons.